The van der Waals surface area contributed by atoms with Gasteiger partial charge in [-0.3, -0.25) is 10.0 Å². The molecule has 5 heteroatoms. The molecule has 1 rings (SSSR count). The topological polar surface area (TPSA) is 66.8 Å². The van der Waals surface area contributed by atoms with Crippen molar-refractivity contribution in [2.45, 2.75) is 6.92 Å². The molecule has 66 valence electrons. The first-order valence-electron chi connectivity index (χ1n) is 3.53. The largest absolute Gasteiger partial charge is 0.463 e. The van der Waals surface area contributed by atoms with Crippen LogP contribution < -0.4 is 0 Å². The van der Waals surface area contributed by atoms with Crippen molar-refractivity contribution in [3.8, 4) is 0 Å². The molecule has 0 fully saturated rings. The Kier molecular flexibility index (Phi) is 2.44. The van der Waals surface area contributed by atoms with Crippen LogP contribution in [0.1, 0.15) is 6.92 Å². The summed E-state index contributed by atoms with van der Waals surface area (Å²) in [5.41, 5.74) is 0.185. The fourth-order valence-corrected chi connectivity index (χ4v) is 0.856. The fraction of sp³-hybridized carbons (Fsp3) is 0.429. The summed E-state index contributed by atoms with van der Waals surface area (Å²) in [4.78, 5) is 21.6. The Balaban J connectivity index is 2.61. The van der Waals surface area contributed by atoms with E-state index in [2.05, 4.69) is 4.74 Å². The molecule has 0 saturated heterocycles. The Morgan fingerprint density at radius 2 is 2.50 bits per heavy atom. The summed E-state index contributed by atoms with van der Waals surface area (Å²) in [7, 11) is 0. The third kappa shape index (κ3) is 1.62. The summed E-state index contributed by atoms with van der Waals surface area (Å²) in [6.45, 7) is 1.85. The van der Waals surface area contributed by atoms with Gasteiger partial charge >= 0.3 is 5.97 Å². The monoisotopic (exact) mass is 171 g/mol. The highest BCUT2D eigenvalue weighted by molar-refractivity contribution is 6.01. The molecule has 0 aromatic rings. The highest BCUT2D eigenvalue weighted by Crippen LogP contribution is 2.09. The van der Waals surface area contributed by atoms with Crippen molar-refractivity contribution < 1.29 is 19.5 Å². The Morgan fingerprint density at radius 3 is 2.92 bits per heavy atom. The Labute approximate surface area is 69.2 Å². The number of esters is 1. The number of amides is 1. The Bertz CT molecular complexity index is 246. The van der Waals surface area contributed by atoms with Crippen LogP contribution in [0.3, 0.4) is 0 Å². The maximum atomic E-state index is 11.0. The van der Waals surface area contributed by atoms with Crippen molar-refractivity contribution in [1.29, 1.82) is 0 Å². The second kappa shape index (κ2) is 3.36. The molecule has 0 saturated carbocycles. The average Bonchev–Trinajstić information content (AvgIpc) is 2.33. The van der Waals surface area contributed by atoms with Crippen molar-refractivity contribution in [2.24, 2.45) is 0 Å². The lowest BCUT2D eigenvalue weighted by Gasteiger charge is -2.05. The number of hydroxylamine groups is 2. The van der Waals surface area contributed by atoms with Crippen LogP contribution in [0.4, 0.5) is 0 Å². The SMILES string of the molecule is CCOC(=O)C1=CC(=O)N(O)C1. The summed E-state index contributed by atoms with van der Waals surface area (Å²) in [6.07, 6.45) is 1.07. The molecular formula is C7H9NO4. The van der Waals surface area contributed by atoms with Crippen LogP contribution in [0, 0.1) is 0 Å². The zero-order valence-corrected chi connectivity index (χ0v) is 6.61. The van der Waals surface area contributed by atoms with Crippen molar-refractivity contribution >= 4 is 11.9 Å². The molecule has 0 unspecified atom stereocenters. The van der Waals surface area contributed by atoms with E-state index in [0.717, 1.165) is 6.08 Å². The second-order valence-corrected chi connectivity index (χ2v) is 2.29. The Morgan fingerprint density at radius 1 is 1.83 bits per heavy atom. The van der Waals surface area contributed by atoms with E-state index >= 15 is 0 Å². The number of carbonyl (C=O) groups is 2. The van der Waals surface area contributed by atoms with Crippen molar-refractivity contribution in [2.75, 3.05) is 13.2 Å². The van der Waals surface area contributed by atoms with Gasteiger partial charge in [0.15, 0.2) is 0 Å². The Hall–Kier alpha value is -1.36. The molecule has 0 aliphatic carbocycles. The summed E-state index contributed by atoms with van der Waals surface area (Å²) in [5.74, 6) is -1.14. The summed E-state index contributed by atoms with van der Waals surface area (Å²) in [5, 5.41) is 9.27. The van der Waals surface area contributed by atoms with E-state index in [0.29, 0.717) is 5.06 Å². The van der Waals surface area contributed by atoms with Crippen LogP contribution in [0.25, 0.3) is 0 Å². The van der Waals surface area contributed by atoms with Gasteiger partial charge in [0.25, 0.3) is 5.91 Å². The first-order chi connectivity index (χ1) is 5.65. The molecule has 0 aromatic carbocycles. The van der Waals surface area contributed by atoms with E-state index in [9.17, 15) is 9.59 Å². The molecule has 0 spiro atoms. The van der Waals surface area contributed by atoms with E-state index in [4.69, 9.17) is 5.21 Å². The number of nitrogens with zero attached hydrogens (tertiary/aromatic N) is 1. The van der Waals surface area contributed by atoms with Gasteiger partial charge < -0.3 is 4.74 Å². The van der Waals surface area contributed by atoms with E-state index in [-0.39, 0.29) is 18.7 Å². The molecule has 1 heterocycles. The predicted octanol–water partition coefficient (Wildman–Crippen LogP) is -0.293. The molecule has 1 N–H and O–H groups in total. The van der Waals surface area contributed by atoms with Crippen LogP contribution in [0.2, 0.25) is 0 Å². The first kappa shape index (κ1) is 8.73. The quantitative estimate of drug-likeness (QED) is 0.458. The highest BCUT2D eigenvalue weighted by atomic mass is 16.5. The van der Waals surface area contributed by atoms with Gasteiger partial charge in [0.05, 0.1) is 18.7 Å². The van der Waals surface area contributed by atoms with Crippen molar-refractivity contribution in [3.63, 3.8) is 0 Å². The van der Waals surface area contributed by atoms with Gasteiger partial charge in [-0.15, -0.1) is 0 Å². The minimum Gasteiger partial charge on any atom is -0.463 e. The van der Waals surface area contributed by atoms with Crippen LogP contribution in [-0.4, -0.2) is 35.3 Å². The minimum absolute atomic E-state index is 0.0856. The molecule has 5 nitrogen and oxygen atoms in total. The zero-order valence-electron chi connectivity index (χ0n) is 6.61. The number of hydrogen-bond acceptors (Lipinski definition) is 4. The van der Waals surface area contributed by atoms with Crippen LogP contribution in [0.15, 0.2) is 11.6 Å². The maximum absolute atomic E-state index is 11.0. The predicted molar refractivity (Wildman–Crippen MR) is 38.2 cm³/mol. The van der Waals surface area contributed by atoms with Crippen molar-refractivity contribution in [3.05, 3.63) is 11.6 Å². The summed E-state index contributed by atoms with van der Waals surface area (Å²) >= 11 is 0. The van der Waals surface area contributed by atoms with E-state index in [1.807, 2.05) is 0 Å². The standard InChI is InChI=1S/C7H9NO4/c1-2-12-7(10)5-3-6(9)8(11)4-5/h3,11H,2,4H2,1H3. The summed E-state index contributed by atoms with van der Waals surface area (Å²) < 4.78 is 4.63. The highest BCUT2D eigenvalue weighted by Gasteiger charge is 2.24. The maximum Gasteiger partial charge on any atom is 0.336 e. The third-order valence-corrected chi connectivity index (χ3v) is 1.41. The molecule has 0 bridgehead atoms. The average molecular weight is 171 g/mol. The lowest BCUT2D eigenvalue weighted by molar-refractivity contribution is -0.155. The molecule has 0 atom stereocenters. The molecule has 1 aliphatic rings. The fourth-order valence-electron chi connectivity index (χ4n) is 0.856. The lowest BCUT2D eigenvalue weighted by atomic mass is 10.3. The third-order valence-electron chi connectivity index (χ3n) is 1.41. The zero-order chi connectivity index (χ0) is 9.14. The second-order valence-electron chi connectivity index (χ2n) is 2.29. The van der Waals surface area contributed by atoms with Crippen LogP contribution in [-0.2, 0) is 14.3 Å². The van der Waals surface area contributed by atoms with Crippen molar-refractivity contribution in [1.82, 2.24) is 5.06 Å². The lowest BCUT2D eigenvalue weighted by Crippen LogP contribution is -2.22. The number of ether oxygens (including phenoxy) is 1. The van der Waals surface area contributed by atoms with Crippen LogP contribution in [0.5, 0.6) is 0 Å². The van der Waals surface area contributed by atoms with Gasteiger partial charge in [-0.2, -0.15) is 0 Å². The smallest absolute Gasteiger partial charge is 0.336 e. The van der Waals surface area contributed by atoms with Gasteiger partial charge in [0.1, 0.15) is 0 Å². The molecule has 0 radical (unpaired) electrons. The number of rotatable bonds is 2. The molecule has 1 amide bonds. The first-order valence-corrected chi connectivity index (χ1v) is 3.53. The van der Waals surface area contributed by atoms with Gasteiger partial charge in [-0.05, 0) is 6.92 Å². The van der Waals surface area contributed by atoms with E-state index < -0.39 is 11.9 Å². The van der Waals surface area contributed by atoms with Crippen LogP contribution >= 0.6 is 0 Å². The minimum atomic E-state index is -0.585. The molecule has 1 aliphatic heterocycles. The van der Waals surface area contributed by atoms with Gasteiger partial charge in [-0.25, -0.2) is 9.86 Å². The van der Waals surface area contributed by atoms with Gasteiger partial charge in [0.2, 0.25) is 0 Å². The normalized spacial score (nSPS) is 16.3. The molecule has 12 heavy (non-hydrogen) atoms. The number of hydrogen-bond donors (Lipinski definition) is 1. The van der Waals surface area contributed by atoms with E-state index in [1.54, 1.807) is 6.92 Å². The molecule has 0 aromatic heterocycles. The van der Waals surface area contributed by atoms with Gasteiger partial charge in [0, 0.05) is 6.08 Å². The summed E-state index contributed by atoms with van der Waals surface area (Å²) in [6, 6.07) is 0. The molecular weight excluding hydrogens is 162 g/mol. The number of carbonyl (C=O) groups excluding carboxylic acids is 2. The van der Waals surface area contributed by atoms with E-state index in [1.165, 1.54) is 0 Å². The van der Waals surface area contributed by atoms with Gasteiger partial charge in [-0.1, -0.05) is 0 Å².